The molecular weight excluding hydrogens is 368 g/mol. The minimum atomic E-state index is -0.278. The standard InChI is InChI=1S/C22H24N4O3/c1-15-11-16(2)26(25-15)14-17-5-8-19(9-6-17)22(27)24-23-13-18-7-10-20(28-3)21(12-18)29-4/h5-13H,14H2,1-4H3,(H,24,27)/b23-13+. The lowest BCUT2D eigenvalue weighted by atomic mass is 10.1. The Kier molecular flexibility index (Phi) is 6.29. The van der Waals surface area contributed by atoms with E-state index in [2.05, 4.69) is 15.6 Å². The summed E-state index contributed by atoms with van der Waals surface area (Å²) < 4.78 is 12.4. The Hall–Kier alpha value is -3.61. The second kappa shape index (κ2) is 9.05. The third-order valence-corrected chi connectivity index (χ3v) is 4.44. The van der Waals surface area contributed by atoms with Gasteiger partial charge in [0.15, 0.2) is 11.5 Å². The van der Waals surface area contributed by atoms with Gasteiger partial charge in [0.1, 0.15) is 0 Å². The van der Waals surface area contributed by atoms with E-state index < -0.39 is 0 Å². The lowest BCUT2D eigenvalue weighted by Gasteiger charge is -2.07. The van der Waals surface area contributed by atoms with Crippen LogP contribution in [0.25, 0.3) is 0 Å². The molecule has 1 heterocycles. The lowest BCUT2D eigenvalue weighted by Crippen LogP contribution is -2.17. The third kappa shape index (κ3) is 5.01. The zero-order chi connectivity index (χ0) is 20.8. The highest BCUT2D eigenvalue weighted by Gasteiger charge is 2.07. The van der Waals surface area contributed by atoms with E-state index in [9.17, 15) is 4.79 Å². The summed E-state index contributed by atoms with van der Waals surface area (Å²) in [6, 6.07) is 14.8. The summed E-state index contributed by atoms with van der Waals surface area (Å²) in [6.07, 6.45) is 1.55. The van der Waals surface area contributed by atoms with Gasteiger partial charge in [0, 0.05) is 11.3 Å². The molecule has 0 saturated carbocycles. The Balaban J connectivity index is 1.61. The molecule has 0 fully saturated rings. The van der Waals surface area contributed by atoms with Gasteiger partial charge in [-0.25, -0.2) is 5.43 Å². The number of rotatable bonds is 7. The van der Waals surface area contributed by atoms with Crippen molar-refractivity contribution in [1.82, 2.24) is 15.2 Å². The number of hydrogen-bond donors (Lipinski definition) is 1. The van der Waals surface area contributed by atoms with Gasteiger partial charge in [-0.1, -0.05) is 12.1 Å². The fraction of sp³-hybridized carbons (Fsp3) is 0.227. The molecule has 7 nitrogen and oxygen atoms in total. The molecule has 3 aromatic rings. The van der Waals surface area contributed by atoms with Crippen LogP contribution >= 0.6 is 0 Å². The smallest absolute Gasteiger partial charge is 0.271 e. The van der Waals surface area contributed by atoms with E-state index in [-0.39, 0.29) is 5.91 Å². The quantitative estimate of drug-likeness (QED) is 0.494. The van der Waals surface area contributed by atoms with Crippen molar-refractivity contribution in [2.45, 2.75) is 20.4 Å². The first-order chi connectivity index (χ1) is 14.0. The fourth-order valence-corrected chi connectivity index (χ4v) is 2.93. The molecular formula is C22H24N4O3. The molecule has 29 heavy (non-hydrogen) atoms. The van der Waals surface area contributed by atoms with Crippen molar-refractivity contribution in [3.05, 3.63) is 76.6 Å². The number of aromatic nitrogens is 2. The van der Waals surface area contributed by atoms with Gasteiger partial charge in [0.2, 0.25) is 0 Å². The summed E-state index contributed by atoms with van der Waals surface area (Å²) in [5.74, 6) is 0.953. The summed E-state index contributed by atoms with van der Waals surface area (Å²) in [5.41, 5.74) is 7.02. The van der Waals surface area contributed by atoms with Gasteiger partial charge < -0.3 is 9.47 Å². The SMILES string of the molecule is COc1ccc(/C=N/NC(=O)c2ccc(Cn3nc(C)cc3C)cc2)cc1OC. The highest BCUT2D eigenvalue weighted by molar-refractivity contribution is 5.94. The summed E-state index contributed by atoms with van der Waals surface area (Å²) >= 11 is 0. The van der Waals surface area contributed by atoms with Crippen LogP contribution in [0.3, 0.4) is 0 Å². The van der Waals surface area contributed by atoms with Gasteiger partial charge in [-0.15, -0.1) is 0 Å². The van der Waals surface area contributed by atoms with Crippen LogP contribution in [-0.4, -0.2) is 36.1 Å². The number of carbonyl (C=O) groups is 1. The zero-order valence-corrected chi connectivity index (χ0v) is 17.0. The van der Waals surface area contributed by atoms with Crippen molar-refractivity contribution >= 4 is 12.1 Å². The number of amides is 1. The Bertz CT molecular complexity index is 1020. The number of aryl methyl sites for hydroxylation is 2. The topological polar surface area (TPSA) is 77.7 Å². The lowest BCUT2D eigenvalue weighted by molar-refractivity contribution is 0.0955. The van der Waals surface area contributed by atoms with Crippen molar-refractivity contribution in [2.24, 2.45) is 5.10 Å². The maximum Gasteiger partial charge on any atom is 0.271 e. The molecule has 0 aliphatic carbocycles. The number of nitrogens with one attached hydrogen (secondary N) is 1. The Morgan fingerprint density at radius 1 is 1.07 bits per heavy atom. The first-order valence-electron chi connectivity index (χ1n) is 9.15. The van der Waals surface area contributed by atoms with Gasteiger partial charge in [-0.05, 0) is 61.4 Å². The summed E-state index contributed by atoms with van der Waals surface area (Å²) in [4.78, 5) is 12.3. The first-order valence-corrected chi connectivity index (χ1v) is 9.15. The van der Waals surface area contributed by atoms with Crippen molar-refractivity contribution in [2.75, 3.05) is 14.2 Å². The zero-order valence-electron chi connectivity index (χ0n) is 17.0. The Morgan fingerprint density at radius 3 is 2.41 bits per heavy atom. The average molecular weight is 392 g/mol. The van der Waals surface area contributed by atoms with Gasteiger partial charge in [-0.3, -0.25) is 9.48 Å². The molecule has 2 aromatic carbocycles. The largest absolute Gasteiger partial charge is 0.493 e. The molecule has 7 heteroatoms. The fourth-order valence-electron chi connectivity index (χ4n) is 2.93. The second-order valence-corrected chi connectivity index (χ2v) is 6.60. The van der Waals surface area contributed by atoms with Crippen LogP contribution in [0.2, 0.25) is 0 Å². The summed E-state index contributed by atoms with van der Waals surface area (Å²) in [7, 11) is 3.15. The van der Waals surface area contributed by atoms with Gasteiger partial charge >= 0.3 is 0 Å². The minimum absolute atomic E-state index is 0.278. The number of methoxy groups -OCH3 is 2. The van der Waals surface area contributed by atoms with E-state index in [1.807, 2.05) is 42.8 Å². The van der Waals surface area contributed by atoms with Crippen molar-refractivity contribution in [3.63, 3.8) is 0 Å². The molecule has 0 aliphatic heterocycles. The number of ether oxygens (including phenoxy) is 2. The predicted octanol–water partition coefficient (Wildman–Crippen LogP) is 3.33. The Morgan fingerprint density at radius 2 is 1.79 bits per heavy atom. The second-order valence-electron chi connectivity index (χ2n) is 6.60. The van der Waals surface area contributed by atoms with Gasteiger partial charge in [0.25, 0.3) is 5.91 Å². The van der Waals surface area contributed by atoms with Crippen LogP contribution in [0.5, 0.6) is 11.5 Å². The van der Waals surface area contributed by atoms with E-state index >= 15 is 0 Å². The number of benzene rings is 2. The minimum Gasteiger partial charge on any atom is -0.493 e. The van der Waals surface area contributed by atoms with E-state index in [0.717, 1.165) is 22.5 Å². The number of nitrogens with zero attached hydrogens (tertiary/aromatic N) is 3. The van der Waals surface area contributed by atoms with Crippen LogP contribution in [0.1, 0.15) is 32.9 Å². The molecule has 0 radical (unpaired) electrons. The maximum atomic E-state index is 12.3. The summed E-state index contributed by atoms with van der Waals surface area (Å²) in [5, 5.41) is 8.48. The molecule has 1 aromatic heterocycles. The molecule has 0 unspecified atom stereocenters. The van der Waals surface area contributed by atoms with Crippen molar-refractivity contribution in [3.8, 4) is 11.5 Å². The van der Waals surface area contributed by atoms with Gasteiger partial charge in [0.05, 0.1) is 32.7 Å². The molecule has 1 amide bonds. The van der Waals surface area contributed by atoms with Crippen molar-refractivity contribution < 1.29 is 14.3 Å². The molecule has 0 aliphatic rings. The average Bonchev–Trinajstić information content (AvgIpc) is 3.04. The Labute approximate surface area is 170 Å². The van der Waals surface area contributed by atoms with Crippen LogP contribution in [0.15, 0.2) is 53.6 Å². The summed E-state index contributed by atoms with van der Waals surface area (Å²) in [6.45, 7) is 4.66. The van der Waals surface area contributed by atoms with Crippen molar-refractivity contribution in [1.29, 1.82) is 0 Å². The molecule has 0 bridgehead atoms. The van der Waals surface area contributed by atoms with E-state index in [1.54, 1.807) is 44.7 Å². The van der Waals surface area contributed by atoms with Crippen LogP contribution in [0.4, 0.5) is 0 Å². The van der Waals surface area contributed by atoms with E-state index in [4.69, 9.17) is 9.47 Å². The molecule has 0 saturated heterocycles. The van der Waals surface area contributed by atoms with Crippen LogP contribution < -0.4 is 14.9 Å². The number of hydrazone groups is 1. The highest BCUT2D eigenvalue weighted by Crippen LogP contribution is 2.26. The van der Waals surface area contributed by atoms with Crippen LogP contribution in [-0.2, 0) is 6.54 Å². The number of hydrogen-bond acceptors (Lipinski definition) is 5. The molecule has 1 N–H and O–H groups in total. The molecule has 150 valence electrons. The predicted molar refractivity (Wildman–Crippen MR) is 112 cm³/mol. The van der Waals surface area contributed by atoms with Crippen LogP contribution in [0, 0.1) is 13.8 Å². The molecule has 0 atom stereocenters. The highest BCUT2D eigenvalue weighted by atomic mass is 16.5. The molecule has 0 spiro atoms. The normalized spacial score (nSPS) is 10.9. The monoisotopic (exact) mass is 392 g/mol. The number of carbonyl (C=O) groups excluding carboxylic acids is 1. The molecule has 3 rings (SSSR count). The maximum absolute atomic E-state index is 12.3. The van der Waals surface area contributed by atoms with Gasteiger partial charge in [-0.2, -0.15) is 10.2 Å². The first kappa shape index (κ1) is 20.1. The van der Waals surface area contributed by atoms with E-state index in [0.29, 0.717) is 23.6 Å². The third-order valence-electron chi connectivity index (χ3n) is 4.44. The van der Waals surface area contributed by atoms with E-state index in [1.165, 1.54) is 0 Å².